The average Bonchev–Trinajstić information content (AvgIpc) is 2.95. The van der Waals surface area contributed by atoms with Crippen molar-refractivity contribution in [1.29, 1.82) is 0 Å². The molecular formula is C30H28Cl2N2O7S. The normalized spacial score (nSPS) is 12.1. The van der Waals surface area contributed by atoms with Gasteiger partial charge in [0.1, 0.15) is 11.5 Å². The van der Waals surface area contributed by atoms with Crippen molar-refractivity contribution in [2.24, 2.45) is 0 Å². The first kappa shape index (κ1) is 31.0. The Kier molecular flexibility index (Phi) is 9.53. The van der Waals surface area contributed by atoms with Crippen LogP contribution < -0.4 is 9.46 Å². The molecule has 1 atom stereocenters. The van der Waals surface area contributed by atoms with Crippen LogP contribution in [0.1, 0.15) is 35.9 Å². The number of phenols is 2. The predicted octanol–water partition coefficient (Wildman–Crippen LogP) is 6.58. The minimum atomic E-state index is -4.15. The maximum atomic E-state index is 13.7. The molecule has 4 N–H and O–H groups in total. The van der Waals surface area contributed by atoms with Crippen molar-refractivity contribution in [3.63, 3.8) is 0 Å². The van der Waals surface area contributed by atoms with Gasteiger partial charge in [-0.2, -0.15) is 0 Å². The third-order valence-electron chi connectivity index (χ3n) is 6.29. The van der Waals surface area contributed by atoms with Crippen molar-refractivity contribution in [3.8, 4) is 23.0 Å². The van der Waals surface area contributed by atoms with Crippen LogP contribution in [0.25, 0.3) is 0 Å². The van der Waals surface area contributed by atoms with Crippen LogP contribution in [0.15, 0.2) is 89.8 Å². The van der Waals surface area contributed by atoms with Gasteiger partial charge >= 0.3 is 0 Å². The third-order valence-corrected chi connectivity index (χ3v) is 8.22. The van der Waals surface area contributed by atoms with Gasteiger partial charge in [-0.05, 0) is 86.1 Å². The van der Waals surface area contributed by atoms with E-state index in [1.54, 1.807) is 38.1 Å². The Morgan fingerprint density at radius 2 is 1.62 bits per heavy atom. The molecule has 4 aromatic carbocycles. The van der Waals surface area contributed by atoms with Crippen LogP contribution in [0.3, 0.4) is 0 Å². The zero-order valence-corrected chi connectivity index (χ0v) is 24.9. The molecule has 0 aliphatic heterocycles. The number of aliphatic hydroxyl groups excluding tert-OH is 1. The van der Waals surface area contributed by atoms with E-state index in [-0.39, 0.29) is 39.0 Å². The number of nitrogens with one attached hydrogen (secondary N) is 1. The first-order chi connectivity index (χ1) is 19.9. The molecule has 4 aromatic rings. The zero-order valence-electron chi connectivity index (χ0n) is 22.5. The number of amides is 1. The SMILES string of the molecule is CC(C)N(C[C@H](O)c1ccc(O)c(O)c1)C(=O)c1cc(Cl)ccc1NS(=O)(=O)c1ccc(Oc2ccccc2Cl)cc1. The van der Waals surface area contributed by atoms with Crippen molar-refractivity contribution in [3.05, 3.63) is 106 Å². The minimum absolute atomic E-state index is 0.0109. The van der Waals surface area contributed by atoms with E-state index in [4.69, 9.17) is 27.9 Å². The van der Waals surface area contributed by atoms with Gasteiger partial charge in [0, 0.05) is 11.1 Å². The fraction of sp³-hybridized carbons (Fsp3) is 0.167. The third kappa shape index (κ3) is 7.27. The number of phenolic OH excluding ortho intramolecular Hbond substituents is 2. The van der Waals surface area contributed by atoms with Crippen LogP contribution in [0.2, 0.25) is 10.0 Å². The molecule has 0 heterocycles. The van der Waals surface area contributed by atoms with Crippen LogP contribution >= 0.6 is 23.2 Å². The highest BCUT2D eigenvalue weighted by atomic mass is 35.5. The molecule has 42 heavy (non-hydrogen) atoms. The van der Waals surface area contributed by atoms with Gasteiger partial charge in [-0.1, -0.05) is 41.4 Å². The summed E-state index contributed by atoms with van der Waals surface area (Å²) in [4.78, 5) is 15.0. The van der Waals surface area contributed by atoms with Gasteiger partial charge in [0.05, 0.1) is 33.8 Å². The lowest BCUT2D eigenvalue weighted by Gasteiger charge is -2.30. The molecule has 0 spiro atoms. The molecule has 1 amide bonds. The first-order valence-corrected chi connectivity index (χ1v) is 15.0. The summed E-state index contributed by atoms with van der Waals surface area (Å²) in [6, 6.07) is 20.2. The standard InChI is InChI=1S/C30H28Cl2N2O7S/c1-18(2)34(17-28(37)19-7-14-26(35)27(36)15-19)30(38)23-16-20(31)8-13-25(23)33-42(39,40)22-11-9-21(10-12-22)41-29-6-4-3-5-24(29)32/h3-16,18,28,33,35-37H,17H2,1-2H3/t28-/m0/s1. The fourth-order valence-corrected chi connectivity index (χ4v) is 5.48. The molecule has 0 aromatic heterocycles. The summed E-state index contributed by atoms with van der Waals surface area (Å²) in [6.45, 7) is 3.28. The van der Waals surface area contributed by atoms with Crippen LogP contribution in [0.4, 0.5) is 5.69 Å². The molecule has 0 radical (unpaired) electrons. The topological polar surface area (TPSA) is 136 Å². The molecule has 9 nitrogen and oxygen atoms in total. The fourth-order valence-electron chi connectivity index (χ4n) is 4.05. The Balaban J connectivity index is 1.57. The Labute approximate surface area is 253 Å². The second-order valence-electron chi connectivity index (χ2n) is 9.61. The zero-order chi connectivity index (χ0) is 30.6. The number of carbonyl (C=O) groups is 1. The Morgan fingerprint density at radius 1 is 0.929 bits per heavy atom. The Bertz CT molecular complexity index is 1700. The molecule has 12 heteroatoms. The summed E-state index contributed by atoms with van der Waals surface area (Å²) in [5.74, 6) is -0.558. The maximum absolute atomic E-state index is 13.7. The molecule has 4 rings (SSSR count). The van der Waals surface area contributed by atoms with Crippen LogP contribution in [0, 0.1) is 0 Å². The van der Waals surface area contributed by atoms with E-state index in [1.165, 1.54) is 65.6 Å². The number of ether oxygens (including phenoxy) is 1. The van der Waals surface area contributed by atoms with Gasteiger partial charge in [0.25, 0.3) is 15.9 Å². The molecule has 0 unspecified atom stereocenters. The van der Waals surface area contributed by atoms with Crippen LogP contribution in [0.5, 0.6) is 23.0 Å². The number of aromatic hydroxyl groups is 2. The summed E-state index contributed by atoms with van der Waals surface area (Å²) in [5.41, 5.74) is 0.236. The van der Waals surface area contributed by atoms with Gasteiger partial charge in [0.2, 0.25) is 0 Å². The highest BCUT2D eigenvalue weighted by molar-refractivity contribution is 7.92. The number of rotatable bonds is 10. The van der Waals surface area contributed by atoms with E-state index >= 15 is 0 Å². The summed E-state index contributed by atoms with van der Waals surface area (Å²) < 4.78 is 34.8. The molecule has 0 saturated heterocycles. The Hall–Kier alpha value is -3.96. The number of sulfonamides is 1. The van der Waals surface area contributed by atoms with E-state index in [0.29, 0.717) is 16.5 Å². The van der Waals surface area contributed by atoms with E-state index in [2.05, 4.69) is 4.72 Å². The van der Waals surface area contributed by atoms with Crippen LogP contribution in [-0.2, 0) is 10.0 Å². The van der Waals surface area contributed by atoms with Crippen molar-refractivity contribution in [2.45, 2.75) is 30.9 Å². The smallest absolute Gasteiger partial charge is 0.261 e. The number of nitrogens with zero attached hydrogens (tertiary/aromatic N) is 1. The number of hydrogen-bond acceptors (Lipinski definition) is 7. The Morgan fingerprint density at radius 3 is 2.26 bits per heavy atom. The van der Waals surface area contributed by atoms with E-state index in [1.807, 2.05) is 0 Å². The predicted molar refractivity (Wildman–Crippen MR) is 161 cm³/mol. The highest BCUT2D eigenvalue weighted by Gasteiger charge is 2.27. The molecule has 0 bridgehead atoms. The van der Waals surface area contributed by atoms with Crippen LogP contribution in [-0.4, -0.2) is 47.1 Å². The number of carbonyl (C=O) groups excluding carboxylic acids is 1. The molecule has 220 valence electrons. The first-order valence-electron chi connectivity index (χ1n) is 12.7. The quantitative estimate of drug-likeness (QED) is 0.145. The van der Waals surface area contributed by atoms with Gasteiger partial charge in [-0.3, -0.25) is 9.52 Å². The van der Waals surface area contributed by atoms with E-state index in [9.17, 15) is 28.5 Å². The molecule has 0 fully saturated rings. The largest absolute Gasteiger partial charge is 0.504 e. The number of benzene rings is 4. The lowest BCUT2D eigenvalue weighted by Crippen LogP contribution is -2.40. The average molecular weight is 632 g/mol. The lowest BCUT2D eigenvalue weighted by atomic mass is 10.1. The van der Waals surface area contributed by atoms with E-state index in [0.717, 1.165) is 0 Å². The van der Waals surface area contributed by atoms with Crippen molar-refractivity contribution in [2.75, 3.05) is 11.3 Å². The van der Waals surface area contributed by atoms with Crippen molar-refractivity contribution < 1.29 is 33.3 Å². The summed E-state index contributed by atoms with van der Waals surface area (Å²) in [6.07, 6.45) is -1.21. The monoisotopic (exact) mass is 630 g/mol. The van der Waals surface area contributed by atoms with Gasteiger partial charge in [0.15, 0.2) is 11.5 Å². The molecular weight excluding hydrogens is 603 g/mol. The summed E-state index contributed by atoms with van der Waals surface area (Å²) in [5, 5.41) is 30.8. The number of para-hydroxylation sites is 1. The minimum Gasteiger partial charge on any atom is -0.504 e. The molecule has 0 aliphatic rings. The lowest BCUT2D eigenvalue weighted by molar-refractivity contribution is 0.0550. The highest BCUT2D eigenvalue weighted by Crippen LogP contribution is 2.32. The summed E-state index contributed by atoms with van der Waals surface area (Å²) in [7, 11) is -4.15. The second kappa shape index (κ2) is 12.9. The van der Waals surface area contributed by atoms with Crippen molar-refractivity contribution in [1.82, 2.24) is 4.90 Å². The maximum Gasteiger partial charge on any atom is 0.261 e. The van der Waals surface area contributed by atoms with Gasteiger partial charge < -0.3 is 25.0 Å². The molecule has 0 saturated carbocycles. The molecule has 0 aliphatic carbocycles. The summed E-state index contributed by atoms with van der Waals surface area (Å²) >= 11 is 12.3. The number of halogens is 2. The van der Waals surface area contributed by atoms with E-state index < -0.39 is 33.8 Å². The number of hydrogen-bond donors (Lipinski definition) is 4. The van der Waals surface area contributed by atoms with Gasteiger partial charge in [-0.25, -0.2) is 8.42 Å². The van der Waals surface area contributed by atoms with Gasteiger partial charge in [-0.15, -0.1) is 0 Å². The number of aliphatic hydroxyl groups is 1. The second-order valence-corrected chi connectivity index (χ2v) is 12.1. The van der Waals surface area contributed by atoms with Crippen molar-refractivity contribution >= 4 is 44.8 Å². The number of anilines is 1.